The predicted octanol–water partition coefficient (Wildman–Crippen LogP) is 5.12. The molecule has 3 aromatic carbocycles. The van der Waals surface area contributed by atoms with Crippen molar-refractivity contribution in [1.82, 2.24) is 5.32 Å². The van der Waals surface area contributed by atoms with Crippen molar-refractivity contribution in [3.8, 4) is 11.1 Å². The van der Waals surface area contributed by atoms with Crippen LogP contribution in [0.2, 0.25) is 0 Å². The fraction of sp³-hybridized carbons (Fsp3) is 0.344. The van der Waals surface area contributed by atoms with Gasteiger partial charge in [0.2, 0.25) is 11.8 Å². The maximum absolute atomic E-state index is 13.8. The van der Waals surface area contributed by atoms with Gasteiger partial charge in [0.25, 0.3) is 6.02 Å². The van der Waals surface area contributed by atoms with Crippen LogP contribution in [0.4, 0.5) is 24.5 Å². The molecule has 1 unspecified atom stereocenters. The minimum atomic E-state index is -4.52. The number of anilines is 2. The van der Waals surface area contributed by atoms with E-state index in [1.165, 1.54) is 11.0 Å². The molecule has 2 aliphatic rings. The lowest BCUT2D eigenvalue weighted by Gasteiger charge is -2.28. The first-order valence-corrected chi connectivity index (χ1v) is 14.2. The molecule has 0 saturated heterocycles. The Kier molecular flexibility index (Phi) is 8.72. The minimum Gasteiger partial charge on any atom is -0.463 e. The van der Waals surface area contributed by atoms with E-state index >= 15 is 0 Å². The van der Waals surface area contributed by atoms with Gasteiger partial charge in [0.05, 0.1) is 30.4 Å². The molecule has 5 rings (SSSR count). The standard InChI is InChI=1S/C32H34F3N5O3/c1-19(2)28(36)29(41)38-26-13-11-22-17-23(32(33,34)35)12-14-27(22)40(30(26)42)18-20-7-9-21(10-8-20)24-5-3-4-6-25(24)39-31-37-15-16-43-31/h3-10,12,14,17,19,26,28H,11,13,15-16,18,36H2,1-2H3,(H,37,39)(H,38,41)/t26-,28?/m1/s1. The summed E-state index contributed by atoms with van der Waals surface area (Å²) >= 11 is 0. The van der Waals surface area contributed by atoms with Gasteiger partial charge in [-0.3, -0.25) is 9.59 Å². The monoisotopic (exact) mass is 593 g/mol. The Balaban J connectivity index is 1.43. The third kappa shape index (κ3) is 6.83. The number of carbonyl (C=O) groups excluding carboxylic acids is 2. The predicted molar refractivity (Wildman–Crippen MR) is 159 cm³/mol. The Morgan fingerprint density at radius 2 is 1.86 bits per heavy atom. The lowest BCUT2D eigenvalue weighted by Crippen LogP contribution is -2.53. The van der Waals surface area contributed by atoms with Crippen molar-refractivity contribution in [2.24, 2.45) is 16.6 Å². The molecular weight excluding hydrogens is 559 g/mol. The third-order valence-electron chi connectivity index (χ3n) is 7.66. The summed E-state index contributed by atoms with van der Waals surface area (Å²) in [6.07, 6.45) is -4.19. The molecule has 2 atom stereocenters. The highest BCUT2D eigenvalue weighted by molar-refractivity contribution is 6.01. The summed E-state index contributed by atoms with van der Waals surface area (Å²) in [6, 6.07) is 17.4. The Labute approximate surface area is 248 Å². The van der Waals surface area contributed by atoms with E-state index in [9.17, 15) is 22.8 Å². The van der Waals surface area contributed by atoms with Crippen LogP contribution in [0.5, 0.6) is 0 Å². The van der Waals surface area contributed by atoms with E-state index in [1.54, 1.807) is 13.8 Å². The second-order valence-electron chi connectivity index (χ2n) is 11.0. The molecule has 0 bridgehead atoms. The zero-order valence-corrected chi connectivity index (χ0v) is 23.9. The fourth-order valence-corrected chi connectivity index (χ4v) is 5.17. The van der Waals surface area contributed by atoms with E-state index < -0.39 is 35.6 Å². The molecule has 4 N–H and O–H groups in total. The summed E-state index contributed by atoms with van der Waals surface area (Å²) in [5.41, 5.74) is 9.43. The van der Waals surface area contributed by atoms with Gasteiger partial charge in [-0.2, -0.15) is 13.2 Å². The van der Waals surface area contributed by atoms with Gasteiger partial charge in [0.1, 0.15) is 12.6 Å². The van der Waals surface area contributed by atoms with E-state index in [-0.39, 0.29) is 25.3 Å². The molecule has 0 aromatic heterocycles. The van der Waals surface area contributed by atoms with Crippen LogP contribution >= 0.6 is 0 Å². The van der Waals surface area contributed by atoms with Crippen LogP contribution in [-0.2, 0) is 33.5 Å². The molecule has 2 amide bonds. The molecule has 8 nitrogen and oxygen atoms in total. The van der Waals surface area contributed by atoms with Crippen molar-refractivity contribution < 1.29 is 27.5 Å². The molecule has 0 fully saturated rings. The molecule has 226 valence electrons. The van der Waals surface area contributed by atoms with Gasteiger partial charge >= 0.3 is 6.18 Å². The number of ether oxygens (including phenoxy) is 1. The molecule has 3 aromatic rings. The first-order valence-electron chi connectivity index (χ1n) is 14.2. The number of fused-ring (bicyclic) bond motifs is 1. The second kappa shape index (κ2) is 12.5. The number of carbonyl (C=O) groups is 2. The zero-order valence-electron chi connectivity index (χ0n) is 23.9. The van der Waals surface area contributed by atoms with E-state index in [0.717, 1.165) is 34.5 Å². The molecule has 43 heavy (non-hydrogen) atoms. The van der Waals surface area contributed by atoms with Gasteiger partial charge in [-0.05, 0) is 59.7 Å². The first-order chi connectivity index (χ1) is 20.5. The number of amidine groups is 1. The van der Waals surface area contributed by atoms with Crippen LogP contribution < -0.4 is 21.3 Å². The summed E-state index contributed by atoms with van der Waals surface area (Å²) in [4.78, 5) is 32.3. The SMILES string of the molecule is CC(C)C(N)C(=O)N[C@@H]1CCc2cc(C(F)(F)F)ccc2N(Cc2ccc(-c3ccccc3NC3=NCCO3)cc2)C1=O. The number of alkyl halides is 3. The number of hydrogen-bond acceptors (Lipinski definition) is 6. The number of hydrogen-bond donors (Lipinski definition) is 3. The van der Waals surface area contributed by atoms with E-state index in [4.69, 9.17) is 10.5 Å². The number of nitrogens with one attached hydrogen (secondary N) is 2. The Bertz CT molecular complexity index is 1520. The molecule has 0 spiro atoms. The summed E-state index contributed by atoms with van der Waals surface area (Å²) in [5.74, 6) is -1.03. The highest BCUT2D eigenvalue weighted by atomic mass is 19.4. The van der Waals surface area contributed by atoms with E-state index in [2.05, 4.69) is 15.6 Å². The van der Waals surface area contributed by atoms with Crippen molar-refractivity contribution in [1.29, 1.82) is 0 Å². The van der Waals surface area contributed by atoms with Gasteiger partial charge in [-0.1, -0.05) is 56.3 Å². The van der Waals surface area contributed by atoms with Crippen molar-refractivity contribution in [3.63, 3.8) is 0 Å². The Hall–Kier alpha value is -4.38. The maximum atomic E-state index is 13.8. The van der Waals surface area contributed by atoms with Crippen LogP contribution in [0, 0.1) is 5.92 Å². The molecular formula is C32H34F3N5O3. The molecule has 2 heterocycles. The van der Waals surface area contributed by atoms with Gasteiger partial charge < -0.3 is 26.0 Å². The molecule has 2 aliphatic heterocycles. The minimum absolute atomic E-state index is 0.102. The van der Waals surface area contributed by atoms with Crippen LogP contribution in [0.15, 0.2) is 71.7 Å². The highest BCUT2D eigenvalue weighted by Crippen LogP contribution is 2.36. The topological polar surface area (TPSA) is 109 Å². The van der Waals surface area contributed by atoms with Crippen LogP contribution in [-0.4, -0.2) is 43.1 Å². The zero-order chi connectivity index (χ0) is 30.7. The van der Waals surface area contributed by atoms with E-state index in [1.807, 2.05) is 48.5 Å². The number of para-hydroxylation sites is 1. The highest BCUT2D eigenvalue weighted by Gasteiger charge is 2.36. The summed E-state index contributed by atoms with van der Waals surface area (Å²) in [5, 5.41) is 5.96. The van der Waals surface area contributed by atoms with E-state index in [0.29, 0.717) is 30.4 Å². The van der Waals surface area contributed by atoms with Crippen LogP contribution in [0.25, 0.3) is 11.1 Å². The second-order valence-corrected chi connectivity index (χ2v) is 11.0. The average Bonchev–Trinajstić information content (AvgIpc) is 3.46. The lowest BCUT2D eigenvalue weighted by molar-refractivity contribution is -0.137. The average molecular weight is 594 g/mol. The van der Waals surface area contributed by atoms with Gasteiger partial charge in [-0.25, -0.2) is 4.99 Å². The number of halogens is 3. The van der Waals surface area contributed by atoms with Crippen molar-refractivity contribution in [2.75, 3.05) is 23.4 Å². The lowest BCUT2D eigenvalue weighted by atomic mass is 10.0. The smallest absolute Gasteiger partial charge is 0.416 e. The van der Waals surface area contributed by atoms with Gasteiger partial charge in [0, 0.05) is 11.3 Å². The molecule has 11 heteroatoms. The summed E-state index contributed by atoms with van der Waals surface area (Å²) < 4.78 is 46.1. The number of aryl methyl sites for hydroxylation is 1. The van der Waals surface area contributed by atoms with Crippen LogP contribution in [0.3, 0.4) is 0 Å². The number of aliphatic imine (C=N–C) groups is 1. The molecule has 0 radical (unpaired) electrons. The maximum Gasteiger partial charge on any atom is 0.416 e. The third-order valence-corrected chi connectivity index (χ3v) is 7.66. The number of nitrogens with zero attached hydrogens (tertiary/aromatic N) is 2. The number of rotatable bonds is 7. The van der Waals surface area contributed by atoms with Crippen LogP contribution in [0.1, 0.15) is 37.0 Å². The van der Waals surface area contributed by atoms with Gasteiger partial charge in [-0.15, -0.1) is 0 Å². The number of amides is 2. The number of nitrogens with two attached hydrogens (primary N) is 1. The molecule has 0 aliphatic carbocycles. The Morgan fingerprint density at radius 1 is 1.12 bits per heavy atom. The quantitative estimate of drug-likeness (QED) is 0.353. The Morgan fingerprint density at radius 3 is 2.53 bits per heavy atom. The fourth-order valence-electron chi connectivity index (χ4n) is 5.17. The summed E-state index contributed by atoms with van der Waals surface area (Å²) in [7, 11) is 0. The largest absolute Gasteiger partial charge is 0.463 e. The number of benzene rings is 3. The van der Waals surface area contributed by atoms with Crippen molar-refractivity contribution in [2.45, 2.75) is 51.5 Å². The summed E-state index contributed by atoms with van der Waals surface area (Å²) in [6.45, 7) is 4.84. The van der Waals surface area contributed by atoms with Crippen molar-refractivity contribution in [3.05, 3.63) is 83.4 Å². The first kappa shape index (κ1) is 30.1. The van der Waals surface area contributed by atoms with Gasteiger partial charge in [0.15, 0.2) is 0 Å². The van der Waals surface area contributed by atoms with Crippen molar-refractivity contribution >= 4 is 29.2 Å². The normalized spacial score (nSPS) is 17.6. The molecule has 0 saturated carbocycles.